The molecule has 0 aliphatic carbocycles. The van der Waals surface area contributed by atoms with E-state index in [0.29, 0.717) is 0 Å². The molecule has 0 amide bonds. The lowest BCUT2D eigenvalue weighted by Crippen LogP contribution is -2.32. The highest BCUT2D eigenvalue weighted by Gasteiger charge is 2.34. The number of ketones is 2. The van der Waals surface area contributed by atoms with Crippen molar-refractivity contribution in [2.24, 2.45) is 11.8 Å². The standard InChI is InChI=1S/C11H16O6/c1-6(12)8(10(14)16-3)5-9(7(2)13)11(15)17-4/h8-9H,5H2,1-4H3/t8-,9-/m1/s1. The SMILES string of the molecule is COC(=O)[C@H](C[C@H](C(C)=O)C(=O)OC)C(C)=O. The van der Waals surface area contributed by atoms with E-state index in [1.165, 1.54) is 13.8 Å². The Balaban J connectivity index is 4.93. The highest BCUT2D eigenvalue weighted by Crippen LogP contribution is 2.17. The van der Waals surface area contributed by atoms with Gasteiger partial charge in [-0.2, -0.15) is 0 Å². The summed E-state index contributed by atoms with van der Waals surface area (Å²) in [6.07, 6.45) is -0.218. The van der Waals surface area contributed by atoms with Crippen molar-refractivity contribution in [3.8, 4) is 0 Å². The quantitative estimate of drug-likeness (QED) is 0.487. The van der Waals surface area contributed by atoms with Crippen molar-refractivity contribution in [2.45, 2.75) is 20.3 Å². The normalized spacial score (nSPS) is 13.4. The molecule has 2 atom stereocenters. The largest absolute Gasteiger partial charge is 0.468 e. The third kappa shape index (κ3) is 4.34. The topological polar surface area (TPSA) is 86.7 Å². The van der Waals surface area contributed by atoms with Gasteiger partial charge in [-0.1, -0.05) is 0 Å². The van der Waals surface area contributed by atoms with Gasteiger partial charge in [0.2, 0.25) is 0 Å². The van der Waals surface area contributed by atoms with Crippen LogP contribution in [0.5, 0.6) is 0 Å². The zero-order valence-electron chi connectivity index (χ0n) is 10.3. The fourth-order valence-electron chi connectivity index (χ4n) is 1.38. The van der Waals surface area contributed by atoms with E-state index in [1.54, 1.807) is 0 Å². The molecule has 0 radical (unpaired) electrons. The molecule has 0 aromatic carbocycles. The first-order valence-corrected chi connectivity index (χ1v) is 5.01. The van der Waals surface area contributed by atoms with Crippen LogP contribution in [0.25, 0.3) is 0 Å². The maximum Gasteiger partial charge on any atom is 0.316 e. The van der Waals surface area contributed by atoms with Crippen molar-refractivity contribution >= 4 is 23.5 Å². The highest BCUT2D eigenvalue weighted by molar-refractivity contribution is 6.02. The molecule has 0 spiro atoms. The average molecular weight is 244 g/mol. The predicted octanol–water partition coefficient (Wildman–Crippen LogP) is 0.133. The first-order chi connectivity index (χ1) is 7.84. The maximum atomic E-state index is 11.3. The van der Waals surface area contributed by atoms with Gasteiger partial charge >= 0.3 is 11.9 Å². The lowest BCUT2D eigenvalue weighted by atomic mass is 9.89. The molecular formula is C11H16O6. The van der Waals surface area contributed by atoms with Gasteiger partial charge in [0.15, 0.2) is 0 Å². The Labute approximate surface area is 99.3 Å². The van der Waals surface area contributed by atoms with Gasteiger partial charge in [0.05, 0.1) is 14.2 Å². The molecule has 0 unspecified atom stereocenters. The van der Waals surface area contributed by atoms with E-state index < -0.39 is 35.3 Å². The Kier molecular flexibility index (Phi) is 6.09. The first-order valence-electron chi connectivity index (χ1n) is 5.01. The molecule has 0 bridgehead atoms. The minimum Gasteiger partial charge on any atom is -0.468 e. The van der Waals surface area contributed by atoms with Crippen LogP contribution in [-0.4, -0.2) is 37.7 Å². The zero-order chi connectivity index (χ0) is 13.6. The monoisotopic (exact) mass is 244 g/mol. The molecular weight excluding hydrogens is 228 g/mol. The Morgan fingerprint density at radius 3 is 1.29 bits per heavy atom. The minimum atomic E-state index is -1.12. The summed E-state index contributed by atoms with van der Waals surface area (Å²) in [6.45, 7) is 2.41. The van der Waals surface area contributed by atoms with Gasteiger partial charge < -0.3 is 9.47 Å². The van der Waals surface area contributed by atoms with Gasteiger partial charge in [0.25, 0.3) is 0 Å². The van der Waals surface area contributed by atoms with Crippen LogP contribution in [0.2, 0.25) is 0 Å². The maximum absolute atomic E-state index is 11.3. The number of hydrogen-bond acceptors (Lipinski definition) is 6. The molecule has 0 rings (SSSR count). The fourth-order valence-corrected chi connectivity index (χ4v) is 1.38. The summed E-state index contributed by atoms with van der Waals surface area (Å²) in [6, 6.07) is 0. The Hall–Kier alpha value is -1.72. The lowest BCUT2D eigenvalue weighted by molar-refractivity contribution is -0.153. The van der Waals surface area contributed by atoms with E-state index in [-0.39, 0.29) is 6.42 Å². The molecule has 0 fully saturated rings. The van der Waals surface area contributed by atoms with E-state index >= 15 is 0 Å². The molecule has 0 heterocycles. The number of methoxy groups -OCH3 is 2. The number of carbonyl (C=O) groups is 4. The molecule has 6 nitrogen and oxygen atoms in total. The molecule has 0 saturated carbocycles. The van der Waals surface area contributed by atoms with Crippen molar-refractivity contribution in [3.63, 3.8) is 0 Å². The van der Waals surface area contributed by atoms with Gasteiger partial charge in [-0.25, -0.2) is 0 Å². The second kappa shape index (κ2) is 6.78. The number of carbonyl (C=O) groups excluding carboxylic acids is 4. The highest BCUT2D eigenvalue weighted by atomic mass is 16.5. The van der Waals surface area contributed by atoms with Gasteiger partial charge in [-0.05, 0) is 20.3 Å². The summed E-state index contributed by atoms with van der Waals surface area (Å²) in [7, 11) is 2.28. The Morgan fingerprint density at radius 1 is 0.824 bits per heavy atom. The van der Waals surface area contributed by atoms with E-state index in [0.717, 1.165) is 14.2 Å². The third-order valence-corrected chi connectivity index (χ3v) is 2.42. The van der Waals surface area contributed by atoms with Crippen LogP contribution in [0.1, 0.15) is 20.3 Å². The van der Waals surface area contributed by atoms with Gasteiger partial charge in [-0.15, -0.1) is 0 Å². The van der Waals surface area contributed by atoms with Crippen LogP contribution in [-0.2, 0) is 28.7 Å². The summed E-state index contributed by atoms with van der Waals surface area (Å²) in [5.74, 6) is -4.65. The van der Waals surface area contributed by atoms with Crippen LogP contribution >= 0.6 is 0 Å². The summed E-state index contributed by atoms with van der Waals surface area (Å²) in [4.78, 5) is 45.1. The molecule has 0 aliphatic heterocycles. The number of Topliss-reactive ketones (excluding diaryl/α,β-unsaturated/α-hetero) is 2. The number of rotatable bonds is 6. The predicted molar refractivity (Wildman–Crippen MR) is 57.0 cm³/mol. The van der Waals surface area contributed by atoms with E-state index in [9.17, 15) is 19.2 Å². The summed E-state index contributed by atoms with van der Waals surface area (Å²) in [5.41, 5.74) is 0. The Morgan fingerprint density at radius 2 is 1.12 bits per heavy atom. The third-order valence-electron chi connectivity index (χ3n) is 2.42. The van der Waals surface area contributed by atoms with Crippen LogP contribution in [0.3, 0.4) is 0 Å². The van der Waals surface area contributed by atoms with Crippen molar-refractivity contribution in [2.75, 3.05) is 14.2 Å². The molecule has 0 aliphatic rings. The Bertz CT molecular complexity index is 301. The average Bonchev–Trinajstić information content (AvgIpc) is 2.27. The molecule has 0 saturated heterocycles. The van der Waals surface area contributed by atoms with Crippen molar-refractivity contribution in [3.05, 3.63) is 0 Å². The molecule has 0 aromatic rings. The van der Waals surface area contributed by atoms with Gasteiger partial charge in [0.1, 0.15) is 23.4 Å². The van der Waals surface area contributed by atoms with Crippen molar-refractivity contribution in [1.29, 1.82) is 0 Å². The molecule has 0 aromatic heterocycles. The summed E-state index contributed by atoms with van der Waals surface area (Å²) < 4.78 is 8.89. The van der Waals surface area contributed by atoms with E-state index in [4.69, 9.17) is 0 Å². The molecule has 96 valence electrons. The summed E-state index contributed by atoms with van der Waals surface area (Å²) in [5, 5.41) is 0. The fraction of sp³-hybridized carbons (Fsp3) is 0.636. The zero-order valence-corrected chi connectivity index (χ0v) is 10.3. The van der Waals surface area contributed by atoms with Gasteiger partial charge in [-0.3, -0.25) is 19.2 Å². The van der Waals surface area contributed by atoms with E-state index in [1.807, 2.05) is 0 Å². The van der Waals surface area contributed by atoms with Gasteiger partial charge in [0, 0.05) is 0 Å². The second-order valence-corrected chi connectivity index (χ2v) is 3.61. The molecule has 17 heavy (non-hydrogen) atoms. The summed E-state index contributed by atoms with van der Waals surface area (Å²) >= 11 is 0. The van der Waals surface area contributed by atoms with Crippen LogP contribution < -0.4 is 0 Å². The first kappa shape index (κ1) is 15.3. The minimum absolute atomic E-state index is 0.218. The number of esters is 2. The molecule has 6 heteroatoms. The van der Waals surface area contributed by atoms with Crippen molar-refractivity contribution in [1.82, 2.24) is 0 Å². The van der Waals surface area contributed by atoms with Crippen LogP contribution in [0.4, 0.5) is 0 Å². The van der Waals surface area contributed by atoms with E-state index in [2.05, 4.69) is 9.47 Å². The van der Waals surface area contributed by atoms with Crippen LogP contribution in [0, 0.1) is 11.8 Å². The molecule has 0 N–H and O–H groups in total. The smallest absolute Gasteiger partial charge is 0.316 e. The number of ether oxygens (including phenoxy) is 2. The van der Waals surface area contributed by atoms with Crippen LogP contribution in [0.15, 0.2) is 0 Å². The number of hydrogen-bond donors (Lipinski definition) is 0. The van der Waals surface area contributed by atoms with Crippen molar-refractivity contribution < 1.29 is 28.7 Å². The lowest BCUT2D eigenvalue weighted by Gasteiger charge is -2.16. The second-order valence-electron chi connectivity index (χ2n) is 3.61.